The predicted molar refractivity (Wildman–Crippen MR) is 62.7 cm³/mol. The maximum atomic E-state index is 6.01. The molecule has 0 spiro atoms. The first-order valence-corrected chi connectivity index (χ1v) is 5.07. The summed E-state index contributed by atoms with van der Waals surface area (Å²) < 4.78 is 1.69. The van der Waals surface area contributed by atoms with E-state index in [0.29, 0.717) is 15.6 Å². The molecule has 0 amide bonds. The Balaban J connectivity index is 2.59. The Morgan fingerprint density at radius 1 is 1.53 bits per heavy atom. The molecule has 6 heteroatoms. The van der Waals surface area contributed by atoms with E-state index >= 15 is 0 Å². The number of aromatic nitrogens is 3. The van der Waals surface area contributed by atoms with E-state index in [4.69, 9.17) is 29.7 Å². The minimum atomic E-state index is 0.377. The zero-order valence-corrected chi connectivity index (χ0v) is 9.56. The number of nitrogens with zero attached hydrogens (tertiary/aromatic N) is 2. The molecule has 0 unspecified atom stereocenters. The second-order valence-electron chi connectivity index (χ2n) is 3.19. The fraction of sp³-hybridized carbons (Fsp3) is 0.111. The van der Waals surface area contributed by atoms with Crippen LogP contribution in [0.25, 0.3) is 11.4 Å². The normalized spacial score (nSPS) is 10.5. The Kier molecular flexibility index (Phi) is 2.50. The summed E-state index contributed by atoms with van der Waals surface area (Å²) in [5.74, 6) is 6.27. The lowest BCUT2D eigenvalue weighted by Crippen LogP contribution is -2.09. The van der Waals surface area contributed by atoms with E-state index in [1.165, 1.54) is 4.68 Å². The highest BCUT2D eigenvalue weighted by atomic mass is 35.5. The summed E-state index contributed by atoms with van der Waals surface area (Å²) in [4.78, 5) is 0. The lowest BCUT2D eigenvalue weighted by molar-refractivity contribution is 0.984. The lowest BCUT2D eigenvalue weighted by Gasteiger charge is -2.02. The molecule has 0 saturated heterocycles. The van der Waals surface area contributed by atoms with Crippen LogP contribution in [-0.4, -0.2) is 14.9 Å². The van der Waals surface area contributed by atoms with E-state index in [2.05, 4.69) is 10.2 Å². The van der Waals surface area contributed by atoms with Gasteiger partial charge >= 0.3 is 0 Å². The minimum Gasteiger partial charge on any atom is -0.335 e. The van der Waals surface area contributed by atoms with E-state index in [1.807, 2.05) is 25.1 Å². The molecule has 0 aliphatic carbocycles. The monoisotopic (exact) mass is 240 g/mol. The number of rotatable bonds is 1. The van der Waals surface area contributed by atoms with Gasteiger partial charge in [0.1, 0.15) is 0 Å². The molecule has 78 valence electrons. The Morgan fingerprint density at radius 3 is 2.80 bits per heavy atom. The molecule has 1 aromatic carbocycles. The second-order valence-corrected chi connectivity index (χ2v) is 3.98. The van der Waals surface area contributed by atoms with Gasteiger partial charge in [0.2, 0.25) is 4.77 Å². The molecule has 0 saturated carbocycles. The summed E-state index contributed by atoms with van der Waals surface area (Å²) in [6.45, 7) is 1.94. The molecule has 4 nitrogen and oxygen atoms in total. The van der Waals surface area contributed by atoms with Crippen LogP contribution in [0.2, 0.25) is 5.02 Å². The number of nitrogens with one attached hydrogen (secondary N) is 1. The van der Waals surface area contributed by atoms with Crippen molar-refractivity contribution in [1.82, 2.24) is 14.9 Å². The largest absolute Gasteiger partial charge is 0.335 e. The smallest absolute Gasteiger partial charge is 0.214 e. The number of halogens is 1. The first-order valence-electron chi connectivity index (χ1n) is 4.28. The van der Waals surface area contributed by atoms with Crippen molar-refractivity contribution < 1.29 is 0 Å². The zero-order chi connectivity index (χ0) is 11.0. The summed E-state index contributed by atoms with van der Waals surface area (Å²) in [6, 6.07) is 5.62. The third-order valence-corrected chi connectivity index (χ3v) is 2.83. The third kappa shape index (κ3) is 1.75. The van der Waals surface area contributed by atoms with Crippen LogP contribution in [-0.2, 0) is 0 Å². The molecule has 0 atom stereocenters. The third-order valence-electron chi connectivity index (χ3n) is 2.13. The van der Waals surface area contributed by atoms with Crippen LogP contribution in [0.1, 0.15) is 5.56 Å². The molecule has 0 aliphatic rings. The van der Waals surface area contributed by atoms with Gasteiger partial charge in [-0.05, 0) is 30.8 Å². The first-order chi connectivity index (χ1) is 7.09. The summed E-state index contributed by atoms with van der Waals surface area (Å²) in [5.41, 5.74) is 1.85. The molecule has 15 heavy (non-hydrogen) atoms. The molecule has 0 fully saturated rings. The zero-order valence-electron chi connectivity index (χ0n) is 7.99. The van der Waals surface area contributed by atoms with E-state index in [0.717, 1.165) is 11.1 Å². The highest BCUT2D eigenvalue weighted by molar-refractivity contribution is 7.71. The molecule has 3 N–H and O–H groups in total. The van der Waals surface area contributed by atoms with Gasteiger partial charge in [-0.1, -0.05) is 23.7 Å². The summed E-state index contributed by atoms with van der Waals surface area (Å²) in [6.07, 6.45) is 0. The highest BCUT2D eigenvalue weighted by Crippen LogP contribution is 2.22. The van der Waals surface area contributed by atoms with Gasteiger partial charge < -0.3 is 5.84 Å². The Morgan fingerprint density at radius 2 is 2.27 bits per heavy atom. The van der Waals surface area contributed by atoms with Crippen LogP contribution in [0.4, 0.5) is 0 Å². The van der Waals surface area contributed by atoms with Crippen LogP contribution in [0.3, 0.4) is 0 Å². The number of aryl methyl sites for hydroxylation is 1. The van der Waals surface area contributed by atoms with Crippen molar-refractivity contribution in [2.45, 2.75) is 6.92 Å². The molecule has 1 aromatic heterocycles. The molecule has 2 aromatic rings. The van der Waals surface area contributed by atoms with Gasteiger partial charge in [-0.3, -0.25) is 0 Å². The van der Waals surface area contributed by atoms with E-state index in [1.54, 1.807) is 0 Å². The predicted octanol–water partition coefficient (Wildman–Crippen LogP) is 2.28. The molecule has 2 rings (SSSR count). The number of hydrogen-bond donors (Lipinski definition) is 2. The van der Waals surface area contributed by atoms with Gasteiger partial charge in [-0.25, -0.2) is 9.77 Å². The number of benzene rings is 1. The van der Waals surface area contributed by atoms with E-state index in [9.17, 15) is 0 Å². The maximum Gasteiger partial charge on any atom is 0.214 e. The van der Waals surface area contributed by atoms with Crippen LogP contribution in [0.15, 0.2) is 18.2 Å². The molecule has 0 radical (unpaired) electrons. The standard InChI is InChI=1S/C9H9ClN4S/c1-5-2-3-6(4-7(5)10)8-12-13-9(15)14(8)11/h2-4H,11H2,1H3,(H,13,15). The van der Waals surface area contributed by atoms with Crippen molar-refractivity contribution in [1.29, 1.82) is 0 Å². The fourth-order valence-electron chi connectivity index (χ4n) is 1.24. The number of nitrogens with two attached hydrogens (primary N) is 1. The highest BCUT2D eigenvalue weighted by Gasteiger charge is 2.07. The summed E-state index contributed by atoms with van der Waals surface area (Å²) >= 11 is 10.9. The minimum absolute atomic E-state index is 0.377. The molecular weight excluding hydrogens is 232 g/mol. The van der Waals surface area contributed by atoms with Gasteiger partial charge in [0, 0.05) is 10.6 Å². The number of aromatic amines is 1. The van der Waals surface area contributed by atoms with Crippen LogP contribution < -0.4 is 5.84 Å². The van der Waals surface area contributed by atoms with Gasteiger partial charge in [-0.2, -0.15) is 5.10 Å². The lowest BCUT2D eigenvalue weighted by atomic mass is 10.1. The SMILES string of the molecule is Cc1ccc(-c2n[nH]c(=S)n2N)cc1Cl. The molecule has 0 bridgehead atoms. The molecule has 0 aliphatic heterocycles. The van der Waals surface area contributed by atoms with Crippen LogP contribution in [0, 0.1) is 11.7 Å². The van der Waals surface area contributed by atoms with Crippen molar-refractivity contribution in [2.24, 2.45) is 0 Å². The van der Waals surface area contributed by atoms with Crippen molar-refractivity contribution in [3.63, 3.8) is 0 Å². The number of nitrogen functional groups attached to an aromatic ring is 1. The summed E-state index contributed by atoms with van der Waals surface area (Å²) in [7, 11) is 0. The number of hydrogen-bond acceptors (Lipinski definition) is 3. The second kappa shape index (κ2) is 3.67. The van der Waals surface area contributed by atoms with Gasteiger partial charge in [0.25, 0.3) is 0 Å². The Labute approximate surface area is 96.7 Å². The Bertz CT molecular complexity index is 557. The summed E-state index contributed by atoms with van der Waals surface area (Å²) in [5, 5.41) is 7.32. The van der Waals surface area contributed by atoms with Crippen molar-refractivity contribution >= 4 is 23.8 Å². The fourth-order valence-corrected chi connectivity index (χ4v) is 1.55. The van der Waals surface area contributed by atoms with Crippen molar-refractivity contribution in [2.75, 3.05) is 5.84 Å². The van der Waals surface area contributed by atoms with Crippen LogP contribution in [0.5, 0.6) is 0 Å². The van der Waals surface area contributed by atoms with Gasteiger partial charge in [-0.15, -0.1) is 0 Å². The average Bonchev–Trinajstić information content (AvgIpc) is 2.53. The molecule has 1 heterocycles. The van der Waals surface area contributed by atoms with E-state index in [-0.39, 0.29) is 0 Å². The maximum absolute atomic E-state index is 6.01. The van der Waals surface area contributed by atoms with Crippen molar-refractivity contribution in [3.8, 4) is 11.4 Å². The van der Waals surface area contributed by atoms with Crippen molar-refractivity contribution in [3.05, 3.63) is 33.6 Å². The van der Waals surface area contributed by atoms with E-state index < -0.39 is 0 Å². The van der Waals surface area contributed by atoms with Gasteiger partial charge in [0.05, 0.1) is 0 Å². The first kappa shape index (κ1) is 10.2. The quantitative estimate of drug-likeness (QED) is 0.594. The Hall–Kier alpha value is -1.33. The average molecular weight is 241 g/mol. The molecular formula is C9H9ClN4S. The van der Waals surface area contributed by atoms with Gasteiger partial charge in [0.15, 0.2) is 5.82 Å². The van der Waals surface area contributed by atoms with Crippen LogP contribution >= 0.6 is 23.8 Å². The topological polar surface area (TPSA) is 59.6 Å². The number of H-pyrrole nitrogens is 1.